The number of aliphatic hydroxyl groups excluding tert-OH is 1. The Morgan fingerprint density at radius 2 is 1.74 bits per heavy atom. The summed E-state index contributed by atoms with van der Waals surface area (Å²) in [4.78, 5) is 49.6. The van der Waals surface area contributed by atoms with Crippen molar-refractivity contribution in [2.45, 2.75) is 102 Å². The molecule has 0 saturated carbocycles. The van der Waals surface area contributed by atoms with E-state index in [4.69, 9.17) is 4.74 Å². The van der Waals surface area contributed by atoms with E-state index >= 15 is 0 Å². The summed E-state index contributed by atoms with van der Waals surface area (Å²) in [5.41, 5.74) is 0.233. The van der Waals surface area contributed by atoms with Gasteiger partial charge in [0.15, 0.2) is 0 Å². The van der Waals surface area contributed by atoms with E-state index in [1.54, 1.807) is 33.7 Å². The summed E-state index contributed by atoms with van der Waals surface area (Å²) in [5, 5.41) is 9.35. The molecule has 254 valence electrons. The Kier molecular flexibility index (Phi) is 11.4. The van der Waals surface area contributed by atoms with Crippen LogP contribution in [0.25, 0.3) is 0 Å². The summed E-state index contributed by atoms with van der Waals surface area (Å²) in [7, 11) is 0. The molecule has 0 aliphatic carbocycles. The van der Waals surface area contributed by atoms with E-state index in [-0.39, 0.29) is 35.0 Å². The molecule has 3 amide bonds. The van der Waals surface area contributed by atoms with Crippen LogP contribution in [0, 0.1) is 17.3 Å². The Morgan fingerprint density at radius 1 is 1.07 bits per heavy atom. The molecule has 3 saturated heterocycles. The molecule has 1 N–H and O–H groups in total. The molecule has 3 aliphatic rings. The van der Waals surface area contributed by atoms with Gasteiger partial charge in [-0.1, -0.05) is 32.9 Å². The first kappa shape index (κ1) is 36.1. The monoisotopic (exact) mass is 653 g/mol. The molecular formula is C37H55N3O5S. The summed E-state index contributed by atoms with van der Waals surface area (Å²) in [6.45, 7) is 22.3. The van der Waals surface area contributed by atoms with E-state index in [9.17, 15) is 19.5 Å². The van der Waals surface area contributed by atoms with Crippen molar-refractivity contribution in [3.63, 3.8) is 0 Å². The maximum absolute atomic E-state index is 15.0. The van der Waals surface area contributed by atoms with E-state index < -0.39 is 28.2 Å². The van der Waals surface area contributed by atoms with Crippen LogP contribution in [-0.4, -0.2) is 87.1 Å². The summed E-state index contributed by atoms with van der Waals surface area (Å²) >= 11 is 1.70. The van der Waals surface area contributed by atoms with Crippen molar-refractivity contribution in [1.82, 2.24) is 9.80 Å². The van der Waals surface area contributed by atoms with Gasteiger partial charge in [-0.25, -0.2) is 0 Å². The number of nitrogens with zero attached hydrogens (tertiary/aromatic N) is 3. The highest BCUT2D eigenvalue weighted by molar-refractivity contribution is 8.02. The number of hydrogen-bond acceptors (Lipinski definition) is 6. The average Bonchev–Trinajstić information content (AvgIpc) is 3.63. The normalized spacial score (nSPS) is 25.4. The first-order chi connectivity index (χ1) is 21.8. The smallest absolute Gasteiger partial charge is 0.247 e. The summed E-state index contributed by atoms with van der Waals surface area (Å²) < 4.78 is 4.94. The van der Waals surface area contributed by atoms with E-state index in [1.165, 1.54) is 0 Å². The van der Waals surface area contributed by atoms with Gasteiger partial charge in [0.1, 0.15) is 11.8 Å². The van der Waals surface area contributed by atoms with Crippen molar-refractivity contribution in [2.75, 3.05) is 37.7 Å². The second kappa shape index (κ2) is 14.5. The number of ether oxygens (including phenoxy) is 1. The number of thioether (sulfide) groups is 1. The van der Waals surface area contributed by atoms with Gasteiger partial charge in [-0.05, 0) is 89.0 Å². The van der Waals surface area contributed by atoms with Crippen LogP contribution in [0.15, 0.2) is 49.6 Å². The Hall–Kier alpha value is -2.78. The fourth-order valence-corrected chi connectivity index (χ4v) is 10.6. The van der Waals surface area contributed by atoms with Gasteiger partial charge in [0.05, 0.1) is 23.2 Å². The van der Waals surface area contributed by atoms with E-state index in [0.29, 0.717) is 39.1 Å². The van der Waals surface area contributed by atoms with Gasteiger partial charge in [0.25, 0.3) is 0 Å². The molecule has 1 spiro atoms. The number of anilines is 1. The molecule has 46 heavy (non-hydrogen) atoms. The third-order valence-corrected chi connectivity index (χ3v) is 11.6. The lowest BCUT2D eigenvalue weighted by atomic mass is 9.70. The molecule has 3 aliphatic heterocycles. The summed E-state index contributed by atoms with van der Waals surface area (Å²) in [5.74, 6) is -0.622. The Balaban J connectivity index is 1.74. The minimum atomic E-state index is -0.675. The van der Waals surface area contributed by atoms with Crippen LogP contribution in [0.3, 0.4) is 0 Å². The quantitative estimate of drug-likeness (QED) is 0.172. The number of fused-ring (bicyclic) bond motifs is 1. The molecule has 1 aromatic carbocycles. The van der Waals surface area contributed by atoms with Crippen LogP contribution >= 0.6 is 11.8 Å². The standard InChI is InChI=1S/C37H55N3O5S/c1-9-21-38(26-15-17-27(18-16-26)45-11-3)32(42)29-28-19-20-37(46-28)30(29)33(43)39(23-13-12-14-24-41)31(37)34(44)40(22-10-2)36(7,8)25-35(4,5)6/h9-10,15-18,28-31,41H,1-2,11-14,19-25H2,3-8H3/t28-,29+,30+,31?,37?/m1/s1. The second-order valence-electron chi connectivity index (χ2n) is 14.8. The second-order valence-corrected chi connectivity index (χ2v) is 16.4. The summed E-state index contributed by atoms with van der Waals surface area (Å²) in [6, 6.07) is 6.81. The van der Waals surface area contributed by atoms with Gasteiger partial charge in [0, 0.05) is 42.7 Å². The molecule has 0 radical (unpaired) electrons. The molecular weight excluding hydrogens is 598 g/mol. The Labute approximate surface area is 280 Å². The fraction of sp³-hybridized carbons (Fsp3) is 0.649. The van der Waals surface area contributed by atoms with Gasteiger partial charge >= 0.3 is 0 Å². The number of amides is 3. The number of likely N-dealkylation sites (tertiary alicyclic amines) is 1. The predicted octanol–water partition coefficient (Wildman–Crippen LogP) is 6.09. The lowest BCUT2D eigenvalue weighted by molar-refractivity contribution is -0.146. The molecule has 2 bridgehead atoms. The van der Waals surface area contributed by atoms with Crippen LogP contribution in [0.5, 0.6) is 5.75 Å². The first-order valence-electron chi connectivity index (χ1n) is 16.9. The molecule has 0 aromatic heterocycles. The zero-order valence-electron chi connectivity index (χ0n) is 28.8. The van der Waals surface area contributed by atoms with E-state index in [1.807, 2.05) is 36.1 Å². The zero-order chi connectivity index (χ0) is 33.9. The number of aliphatic hydroxyl groups is 1. The van der Waals surface area contributed by atoms with Gasteiger partial charge in [0.2, 0.25) is 17.7 Å². The van der Waals surface area contributed by atoms with Crippen molar-refractivity contribution < 1.29 is 24.2 Å². The third-order valence-electron chi connectivity index (χ3n) is 9.68. The fourth-order valence-electron chi connectivity index (χ4n) is 8.35. The van der Waals surface area contributed by atoms with Crippen LogP contribution in [0.4, 0.5) is 5.69 Å². The minimum absolute atomic E-state index is 0.0208. The summed E-state index contributed by atoms with van der Waals surface area (Å²) in [6.07, 6.45) is 7.86. The predicted molar refractivity (Wildman–Crippen MR) is 187 cm³/mol. The van der Waals surface area contributed by atoms with Crippen LogP contribution in [0.2, 0.25) is 0 Å². The molecule has 4 rings (SSSR count). The zero-order valence-corrected chi connectivity index (χ0v) is 29.6. The number of benzene rings is 1. The molecule has 2 unspecified atom stereocenters. The van der Waals surface area contributed by atoms with Gasteiger partial charge in [-0.3, -0.25) is 14.4 Å². The van der Waals surface area contributed by atoms with Crippen molar-refractivity contribution in [3.05, 3.63) is 49.6 Å². The highest BCUT2D eigenvalue weighted by atomic mass is 32.2. The Bertz CT molecular complexity index is 1270. The SMILES string of the molecule is C=CCN(C(=O)[C@@H]1[C@H]2C(=O)N(CCCCCO)C(C(=O)N(CC=C)C(C)(C)CC(C)(C)C)C23CC[C@H]1S3)c1ccc(OCC)cc1. The van der Waals surface area contributed by atoms with E-state index in [2.05, 4.69) is 47.8 Å². The lowest BCUT2D eigenvalue weighted by Crippen LogP contribution is -2.60. The van der Waals surface area contributed by atoms with Crippen LogP contribution < -0.4 is 9.64 Å². The highest BCUT2D eigenvalue weighted by Gasteiger charge is 2.74. The number of carbonyl (C=O) groups excluding carboxylic acids is 3. The van der Waals surface area contributed by atoms with E-state index in [0.717, 1.165) is 37.1 Å². The van der Waals surface area contributed by atoms with Crippen molar-refractivity contribution in [3.8, 4) is 5.75 Å². The largest absolute Gasteiger partial charge is 0.494 e. The lowest BCUT2D eigenvalue weighted by Gasteiger charge is -2.46. The molecule has 3 heterocycles. The molecule has 9 heteroatoms. The number of carbonyl (C=O) groups is 3. The molecule has 5 atom stereocenters. The molecule has 3 fully saturated rings. The molecule has 8 nitrogen and oxygen atoms in total. The van der Waals surface area contributed by atoms with Gasteiger partial charge < -0.3 is 24.5 Å². The topological polar surface area (TPSA) is 90.4 Å². The molecule has 1 aromatic rings. The van der Waals surface area contributed by atoms with Gasteiger partial charge in [-0.15, -0.1) is 24.9 Å². The van der Waals surface area contributed by atoms with Crippen LogP contribution in [0.1, 0.15) is 80.1 Å². The van der Waals surface area contributed by atoms with Crippen molar-refractivity contribution in [1.29, 1.82) is 0 Å². The Morgan fingerprint density at radius 3 is 2.33 bits per heavy atom. The number of rotatable bonds is 16. The number of unbranched alkanes of at least 4 members (excludes halogenated alkanes) is 2. The van der Waals surface area contributed by atoms with Crippen molar-refractivity contribution in [2.24, 2.45) is 17.3 Å². The highest BCUT2D eigenvalue weighted by Crippen LogP contribution is 2.67. The van der Waals surface area contributed by atoms with Crippen LogP contribution in [-0.2, 0) is 14.4 Å². The maximum atomic E-state index is 15.0. The third kappa shape index (κ3) is 7.05. The van der Waals surface area contributed by atoms with Gasteiger partial charge in [-0.2, -0.15) is 0 Å². The maximum Gasteiger partial charge on any atom is 0.247 e. The number of hydrogen-bond donors (Lipinski definition) is 1. The average molecular weight is 654 g/mol. The first-order valence-corrected chi connectivity index (χ1v) is 17.8. The van der Waals surface area contributed by atoms with Crippen molar-refractivity contribution >= 4 is 35.2 Å². The minimum Gasteiger partial charge on any atom is -0.494 e.